The quantitative estimate of drug-likeness (QED) is 0.679. The van der Waals surface area contributed by atoms with E-state index in [1.165, 1.54) is 28.6 Å². The van der Waals surface area contributed by atoms with Crippen LogP contribution in [0.3, 0.4) is 0 Å². The summed E-state index contributed by atoms with van der Waals surface area (Å²) in [6.45, 7) is 1.08. The van der Waals surface area contributed by atoms with Gasteiger partial charge in [-0.3, -0.25) is 9.69 Å². The molecule has 0 bridgehead atoms. The minimum absolute atomic E-state index is 0.000374. The molecule has 10 heteroatoms. The first-order valence-electron chi connectivity index (χ1n) is 10.0. The molecular weight excluding hydrogens is 464 g/mol. The van der Waals surface area contributed by atoms with Crippen LogP contribution >= 0.6 is 23.2 Å². The molecule has 0 radical (unpaired) electrons. The number of halogens is 3. The van der Waals surface area contributed by atoms with Crippen molar-refractivity contribution < 1.29 is 17.6 Å². The Kier molecular flexibility index (Phi) is 6.55. The van der Waals surface area contributed by atoms with E-state index < -0.39 is 16.1 Å². The summed E-state index contributed by atoms with van der Waals surface area (Å²) in [6, 6.07) is 9.94. The smallest absolute Gasteiger partial charge is 0.244 e. The van der Waals surface area contributed by atoms with E-state index in [2.05, 4.69) is 5.32 Å². The van der Waals surface area contributed by atoms with E-state index in [4.69, 9.17) is 23.2 Å². The van der Waals surface area contributed by atoms with E-state index >= 15 is 0 Å². The van der Waals surface area contributed by atoms with E-state index in [1.807, 2.05) is 4.90 Å². The van der Waals surface area contributed by atoms with Crippen LogP contribution in [-0.4, -0.2) is 55.8 Å². The number of hydrogen-bond donors (Lipinski definition) is 1. The third-order valence-electron chi connectivity index (χ3n) is 5.53. The zero-order chi connectivity index (χ0) is 22.2. The van der Waals surface area contributed by atoms with Crippen LogP contribution in [0.1, 0.15) is 24.4 Å². The fraction of sp³-hybridized carbons (Fsp3) is 0.381. The molecule has 1 aliphatic heterocycles. The number of rotatable bonds is 6. The Hall–Kier alpha value is -1.71. The molecule has 1 saturated heterocycles. The zero-order valence-corrected chi connectivity index (χ0v) is 18.9. The molecule has 1 amide bonds. The molecule has 4 rings (SSSR count). The largest absolute Gasteiger partial charge is 0.352 e. The van der Waals surface area contributed by atoms with E-state index in [9.17, 15) is 17.6 Å². The lowest BCUT2D eigenvalue weighted by atomic mass is 10.0. The van der Waals surface area contributed by atoms with Crippen molar-refractivity contribution in [3.05, 3.63) is 63.9 Å². The predicted octanol–water partition coefficient (Wildman–Crippen LogP) is 3.46. The summed E-state index contributed by atoms with van der Waals surface area (Å²) in [7, 11) is -3.82. The van der Waals surface area contributed by atoms with Crippen LogP contribution in [0.4, 0.5) is 4.39 Å². The van der Waals surface area contributed by atoms with E-state index in [1.54, 1.807) is 18.2 Å². The molecule has 0 aromatic heterocycles. The number of benzene rings is 2. The molecule has 0 spiro atoms. The minimum Gasteiger partial charge on any atom is -0.352 e. The molecular formula is C21H22Cl2FN3O3S. The Morgan fingerprint density at radius 3 is 2.29 bits per heavy atom. The van der Waals surface area contributed by atoms with Gasteiger partial charge in [0.25, 0.3) is 0 Å². The average Bonchev–Trinajstić information content (AvgIpc) is 3.56. The van der Waals surface area contributed by atoms with Crippen LogP contribution in [0.5, 0.6) is 0 Å². The SMILES string of the molecule is O=C(NC1CC1)[C@@H](c1ccc(F)cc1)N1CCN(S(=O)(=O)c2cccc(Cl)c2Cl)CC1. The van der Waals surface area contributed by atoms with Gasteiger partial charge in [-0.05, 0) is 42.7 Å². The molecule has 2 aromatic rings. The predicted molar refractivity (Wildman–Crippen MR) is 117 cm³/mol. The van der Waals surface area contributed by atoms with Crippen molar-refractivity contribution in [2.75, 3.05) is 26.2 Å². The summed E-state index contributed by atoms with van der Waals surface area (Å²) < 4.78 is 40.9. The summed E-state index contributed by atoms with van der Waals surface area (Å²) in [6.07, 6.45) is 1.91. The highest BCUT2D eigenvalue weighted by atomic mass is 35.5. The maximum Gasteiger partial charge on any atom is 0.244 e. The van der Waals surface area contributed by atoms with Gasteiger partial charge in [-0.2, -0.15) is 4.31 Å². The van der Waals surface area contributed by atoms with Crippen molar-refractivity contribution in [1.82, 2.24) is 14.5 Å². The van der Waals surface area contributed by atoms with Gasteiger partial charge < -0.3 is 5.32 Å². The highest BCUT2D eigenvalue weighted by molar-refractivity contribution is 7.89. The first-order chi connectivity index (χ1) is 14.8. The van der Waals surface area contributed by atoms with Gasteiger partial charge >= 0.3 is 0 Å². The average molecular weight is 486 g/mol. The second kappa shape index (κ2) is 9.03. The third kappa shape index (κ3) is 4.88. The first kappa shape index (κ1) is 22.5. The van der Waals surface area contributed by atoms with Crippen LogP contribution in [0.25, 0.3) is 0 Å². The highest BCUT2D eigenvalue weighted by Crippen LogP contribution is 2.32. The van der Waals surface area contributed by atoms with Crippen LogP contribution < -0.4 is 5.32 Å². The fourth-order valence-electron chi connectivity index (χ4n) is 3.71. The molecule has 31 heavy (non-hydrogen) atoms. The van der Waals surface area contributed by atoms with Gasteiger partial charge in [-0.25, -0.2) is 12.8 Å². The normalized spacial score (nSPS) is 19.2. The number of hydrogen-bond acceptors (Lipinski definition) is 4. The van der Waals surface area contributed by atoms with Gasteiger partial charge in [0.2, 0.25) is 15.9 Å². The zero-order valence-electron chi connectivity index (χ0n) is 16.6. The number of nitrogens with one attached hydrogen (secondary N) is 1. The van der Waals surface area contributed by atoms with Crippen LogP contribution in [0, 0.1) is 5.82 Å². The van der Waals surface area contributed by atoms with E-state index in [0.717, 1.165) is 12.8 Å². The molecule has 2 aromatic carbocycles. The van der Waals surface area contributed by atoms with Crippen molar-refractivity contribution in [3.8, 4) is 0 Å². The lowest BCUT2D eigenvalue weighted by molar-refractivity contribution is -0.127. The van der Waals surface area contributed by atoms with Crippen LogP contribution in [-0.2, 0) is 14.8 Å². The monoisotopic (exact) mass is 485 g/mol. The maximum absolute atomic E-state index is 13.4. The van der Waals surface area contributed by atoms with Crippen molar-refractivity contribution in [1.29, 1.82) is 0 Å². The Bertz CT molecular complexity index is 1070. The number of carbonyl (C=O) groups is 1. The summed E-state index contributed by atoms with van der Waals surface area (Å²) in [5.74, 6) is -0.525. The Morgan fingerprint density at radius 2 is 1.68 bits per heavy atom. The molecule has 1 aliphatic carbocycles. The minimum atomic E-state index is -3.82. The molecule has 1 saturated carbocycles. The van der Waals surface area contributed by atoms with Crippen LogP contribution in [0.15, 0.2) is 47.4 Å². The molecule has 1 N–H and O–H groups in total. The lowest BCUT2D eigenvalue weighted by Crippen LogP contribution is -2.52. The Balaban J connectivity index is 1.52. The van der Waals surface area contributed by atoms with Crippen molar-refractivity contribution in [2.45, 2.75) is 29.8 Å². The number of nitrogens with zero attached hydrogens (tertiary/aromatic N) is 2. The Labute approximate surface area is 191 Å². The second-order valence-electron chi connectivity index (χ2n) is 7.73. The van der Waals surface area contributed by atoms with Crippen molar-refractivity contribution in [2.24, 2.45) is 0 Å². The highest BCUT2D eigenvalue weighted by Gasteiger charge is 2.37. The van der Waals surface area contributed by atoms with E-state index in [-0.39, 0.29) is 45.8 Å². The standard InChI is InChI=1S/C21H22Cl2FN3O3S/c22-17-2-1-3-18(19(17)23)31(29,30)27-12-10-26(11-13-27)20(21(28)25-16-8-9-16)14-4-6-15(24)7-5-14/h1-7,16,20H,8-13H2,(H,25,28)/t20-/m1/s1. The van der Waals surface area contributed by atoms with Gasteiger partial charge in [0.05, 0.1) is 10.0 Å². The summed E-state index contributed by atoms with van der Waals surface area (Å²) in [5, 5.41) is 3.18. The molecule has 2 fully saturated rings. The molecule has 2 aliphatic rings. The first-order valence-corrected chi connectivity index (χ1v) is 12.2. The lowest BCUT2D eigenvalue weighted by Gasteiger charge is -2.38. The van der Waals surface area contributed by atoms with E-state index in [0.29, 0.717) is 18.7 Å². The summed E-state index contributed by atoms with van der Waals surface area (Å²) in [5.41, 5.74) is 0.675. The number of piperazine rings is 1. The fourth-order valence-corrected chi connectivity index (χ4v) is 5.86. The number of amides is 1. The summed E-state index contributed by atoms with van der Waals surface area (Å²) in [4.78, 5) is 14.8. The van der Waals surface area contributed by atoms with Gasteiger partial charge in [0, 0.05) is 32.2 Å². The second-order valence-corrected chi connectivity index (χ2v) is 10.4. The topological polar surface area (TPSA) is 69.7 Å². The van der Waals surface area contributed by atoms with Crippen molar-refractivity contribution in [3.63, 3.8) is 0 Å². The van der Waals surface area contributed by atoms with Gasteiger partial charge in [0.15, 0.2) is 0 Å². The molecule has 1 heterocycles. The molecule has 1 atom stereocenters. The molecule has 0 unspecified atom stereocenters. The van der Waals surface area contributed by atoms with Gasteiger partial charge in [0.1, 0.15) is 16.8 Å². The Morgan fingerprint density at radius 1 is 1.03 bits per heavy atom. The molecule has 6 nitrogen and oxygen atoms in total. The third-order valence-corrected chi connectivity index (χ3v) is 8.40. The molecule has 166 valence electrons. The summed E-state index contributed by atoms with van der Waals surface area (Å²) >= 11 is 12.1. The number of carbonyl (C=O) groups excluding carboxylic acids is 1. The number of sulfonamides is 1. The van der Waals surface area contributed by atoms with Crippen LogP contribution in [0.2, 0.25) is 10.0 Å². The van der Waals surface area contributed by atoms with Gasteiger partial charge in [-0.15, -0.1) is 0 Å². The van der Waals surface area contributed by atoms with Crippen molar-refractivity contribution >= 4 is 39.1 Å². The maximum atomic E-state index is 13.4. The van der Waals surface area contributed by atoms with Gasteiger partial charge in [-0.1, -0.05) is 41.4 Å².